The van der Waals surface area contributed by atoms with E-state index in [2.05, 4.69) is 10.6 Å². The summed E-state index contributed by atoms with van der Waals surface area (Å²) in [6.45, 7) is 5.65. The van der Waals surface area contributed by atoms with Crippen molar-refractivity contribution in [1.82, 2.24) is 4.90 Å². The van der Waals surface area contributed by atoms with Gasteiger partial charge in [-0.15, -0.1) is 0 Å². The number of anilines is 2. The third-order valence-corrected chi connectivity index (χ3v) is 5.74. The molecular formula is C23H28ClN3O3. The van der Waals surface area contributed by atoms with E-state index >= 15 is 0 Å². The highest BCUT2D eigenvalue weighted by molar-refractivity contribution is 6.30. The Morgan fingerprint density at radius 3 is 2.43 bits per heavy atom. The average molecular weight is 430 g/mol. The standard InChI is InChI=1S/C23H28ClN3O3/c1-3-30-21-7-5-4-6-20(21)26-22(28)16(2)17-12-14-27(15-13-17)23(29)25-19-10-8-18(24)9-11-19/h4-11,16-17H,3,12-15H2,1-2H3,(H,25,29)(H,26,28)/t16-/m0/s1. The number of nitrogens with one attached hydrogen (secondary N) is 2. The van der Waals surface area contributed by atoms with Crippen molar-refractivity contribution < 1.29 is 14.3 Å². The summed E-state index contributed by atoms with van der Waals surface area (Å²) in [5.41, 5.74) is 1.41. The molecule has 0 unspecified atom stereocenters. The first kappa shape index (κ1) is 22.0. The number of nitrogens with zero attached hydrogens (tertiary/aromatic N) is 1. The van der Waals surface area contributed by atoms with Crippen LogP contribution in [-0.2, 0) is 4.79 Å². The molecule has 1 saturated heterocycles. The van der Waals surface area contributed by atoms with Crippen LogP contribution in [0.3, 0.4) is 0 Å². The Bertz CT molecular complexity index is 864. The van der Waals surface area contributed by atoms with Gasteiger partial charge in [0, 0.05) is 29.7 Å². The molecule has 1 fully saturated rings. The number of carbonyl (C=O) groups is 2. The molecule has 0 bridgehead atoms. The van der Waals surface area contributed by atoms with Crippen molar-refractivity contribution in [2.24, 2.45) is 11.8 Å². The Hall–Kier alpha value is -2.73. The molecule has 6 nitrogen and oxygen atoms in total. The quantitative estimate of drug-likeness (QED) is 0.658. The third-order valence-electron chi connectivity index (χ3n) is 5.49. The summed E-state index contributed by atoms with van der Waals surface area (Å²) in [4.78, 5) is 27.1. The van der Waals surface area contributed by atoms with E-state index in [4.69, 9.17) is 16.3 Å². The van der Waals surface area contributed by atoms with Gasteiger partial charge in [0.2, 0.25) is 5.91 Å². The molecule has 2 N–H and O–H groups in total. The predicted octanol–water partition coefficient (Wildman–Crippen LogP) is 5.26. The maximum atomic E-state index is 12.8. The van der Waals surface area contributed by atoms with E-state index in [0.717, 1.165) is 12.8 Å². The van der Waals surface area contributed by atoms with Crippen molar-refractivity contribution in [2.75, 3.05) is 30.3 Å². The van der Waals surface area contributed by atoms with Crippen molar-refractivity contribution in [3.05, 3.63) is 53.6 Å². The van der Waals surface area contributed by atoms with Gasteiger partial charge in [-0.1, -0.05) is 30.7 Å². The zero-order valence-corrected chi connectivity index (χ0v) is 18.1. The smallest absolute Gasteiger partial charge is 0.321 e. The van der Waals surface area contributed by atoms with Crippen LogP contribution >= 0.6 is 11.6 Å². The Morgan fingerprint density at radius 2 is 1.77 bits per heavy atom. The van der Waals surface area contributed by atoms with Gasteiger partial charge >= 0.3 is 6.03 Å². The zero-order valence-electron chi connectivity index (χ0n) is 17.4. The van der Waals surface area contributed by atoms with Crippen LogP contribution < -0.4 is 15.4 Å². The molecule has 7 heteroatoms. The minimum absolute atomic E-state index is 0.0220. The number of hydrogen-bond acceptors (Lipinski definition) is 3. The van der Waals surface area contributed by atoms with Crippen LogP contribution in [-0.4, -0.2) is 36.5 Å². The van der Waals surface area contributed by atoms with Gasteiger partial charge in [-0.05, 0) is 62.1 Å². The largest absolute Gasteiger partial charge is 0.492 e. The van der Waals surface area contributed by atoms with Gasteiger partial charge in [0.25, 0.3) is 0 Å². The number of ether oxygens (including phenoxy) is 1. The Balaban J connectivity index is 1.51. The molecule has 0 radical (unpaired) electrons. The van der Waals surface area contributed by atoms with Gasteiger partial charge in [-0.3, -0.25) is 4.79 Å². The number of rotatable bonds is 6. The molecule has 0 aromatic heterocycles. The second-order valence-corrected chi connectivity index (χ2v) is 7.91. The van der Waals surface area contributed by atoms with Crippen molar-refractivity contribution in [3.8, 4) is 5.75 Å². The number of piperidine rings is 1. The fourth-order valence-electron chi connectivity index (χ4n) is 3.65. The second kappa shape index (κ2) is 10.3. The number of halogens is 1. The molecule has 1 heterocycles. The van der Waals surface area contributed by atoms with Crippen molar-refractivity contribution >= 4 is 34.9 Å². The van der Waals surface area contributed by atoms with E-state index in [0.29, 0.717) is 41.8 Å². The second-order valence-electron chi connectivity index (χ2n) is 7.47. The number of para-hydroxylation sites is 2. The van der Waals surface area contributed by atoms with E-state index in [-0.39, 0.29) is 23.8 Å². The van der Waals surface area contributed by atoms with Gasteiger partial charge in [0.05, 0.1) is 12.3 Å². The van der Waals surface area contributed by atoms with E-state index in [1.165, 1.54) is 0 Å². The van der Waals surface area contributed by atoms with Gasteiger partial charge in [-0.2, -0.15) is 0 Å². The number of carbonyl (C=O) groups excluding carboxylic acids is 2. The van der Waals surface area contributed by atoms with Gasteiger partial charge in [0.15, 0.2) is 0 Å². The molecule has 0 spiro atoms. The average Bonchev–Trinajstić information content (AvgIpc) is 2.76. The number of amides is 3. The van der Waals surface area contributed by atoms with E-state index in [1.54, 1.807) is 29.2 Å². The van der Waals surface area contributed by atoms with Crippen molar-refractivity contribution in [1.29, 1.82) is 0 Å². The Morgan fingerprint density at radius 1 is 1.10 bits per heavy atom. The molecule has 3 amide bonds. The summed E-state index contributed by atoms with van der Waals surface area (Å²) >= 11 is 5.88. The van der Waals surface area contributed by atoms with E-state index in [1.807, 2.05) is 38.1 Å². The van der Waals surface area contributed by atoms with Crippen LogP contribution in [0.4, 0.5) is 16.2 Å². The molecule has 1 atom stereocenters. The maximum absolute atomic E-state index is 12.8. The highest BCUT2D eigenvalue weighted by Crippen LogP contribution is 2.29. The first-order valence-electron chi connectivity index (χ1n) is 10.3. The number of likely N-dealkylation sites (tertiary alicyclic amines) is 1. The fourth-order valence-corrected chi connectivity index (χ4v) is 3.78. The van der Waals surface area contributed by atoms with Crippen LogP contribution in [0.5, 0.6) is 5.75 Å². The van der Waals surface area contributed by atoms with Gasteiger partial charge in [-0.25, -0.2) is 4.79 Å². The minimum Gasteiger partial charge on any atom is -0.492 e. The topological polar surface area (TPSA) is 70.7 Å². The van der Waals surface area contributed by atoms with Gasteiger partial charge < -0.3 is 20.3 Å². The fraction of sp³-hybridized carbons (Fsp3) is 0.391. The molecule has 0 aliphatic carbocycles. The van der Waals surface area contributed by atoms with Crippen molar-refractivity contribution in [3.63, 3.8) is 0 Å². The highest BCUT2D eigenvalue weighted by Gasteiger charge is 2.30. The van der Waals surface area contributed by atoms with Crippen LogP contribution in [0.1, 0.15) is 26.7 Å². The summed E-state index contributed by atoms with van der Waals surface area (Å²) in [5, 5.41) is 6.52. The lowest BCUT2D eigenvalue weighted by atomic mass is 9.85. The lowest BCUT2D eigenvalue weighted by molar-refractivity contribution is -0.121. The number of hydrogen-bond donors (Lipinski definition) is 2. The lowest BCUT2D eigenvalue weighted by Gasteiger charge is -2.34. The lowest BCUT2D eigenvalue weighted by Crippen LogP contribution is -2.43. The third kappa shape index (κ3) is 5.66. The normalized spacial score (nSPS) is 15.4. The molecule has 1 aliphatic heterocycles. The summed E-state index contributed by atoms with van der Waals surface area (Å²) in [5.74, 6) is 0.727. The molecule has 30 heavy (non-hydrogen) atoms. The highest BCUT2D eigenvalue weighted by atomic mass is 35.5. The molecule has 2 aromatic carbocycles. The first-order chi connectivity index (χ1) is 14.5. The Labute approximate surface area is 182 Å². The predicted molar refractivity (Wildman–Crippen MR) is 120 cm³/mol. The molecule has 160 valence electrons. The van der Waals surface area contributed by atoms with E-state index < -0.39 is 0 Å². The minimum atomic E-state index is -0.152. The van der Waals surface area contributed by atoms with E-state index in [9.17, 15) is 9.59 Å². The Kier molecular flexibility index (Phi) is 7.57. The summed E-state index contributed by atoms with van der Waals surface area (Å²) in [7, 11) is 0. The molecule has 0 saturated carbocycles. The van der Waals surface area contributed by atoms with Crippen LogP contribution in [0.25, 0.3) is 0 Å². The molecular weight excluding hydrogens is 402 g/mol. The van der Waals surface area contributed by atoms with Crippen LogP contribution in [0.2, 0.25) is 5.02 Å². The summed E-state index contributed by atoms with van der Waals surface area (Å²) in [6.07, 6.45) is 1.57. The maximum Gasteiger partial charge on any atom is 0.321 e. The number of urea groups is 1. The van der Waals surface area contributed by atoms with Crippen LogP contribution in [0, 0.1) is 11.8 Å². The SMILES string of the molecule is CCOc1ccccc1NC(=O)[C@@H](C)C1CCN(C(=O)Nc2ccc(Cl)cc2)CC1. The van der Waals surface area contributed by atoms with Gasteiger partial charge in [0.1, 0.15) is 5.75 Å². The molecule has 3 rings (SSSR count). The monoisotopic (exact) mass is 429 g/mol. The number of benzene rings is 2. The molecule has 2 aromatic rings. The summed E-state index contributed by atoms with van der Waals surface area (Å²) in [6, 6.07) is 14.4. The van der Waals surface area contributed by atoms with Crippen LogP contribution in [0.15, 0.2) is 48.5 Å². The molecule has 1 aliphatic rings. The summed E-state index contributed by atoms with van der Waals surface area (Å²) < 4.78 is 5.59. The van der Waals surface area contributed by atoms with Crippen molar-refractivity contribution in [2.45, 2.75) is 26.7 Å². The zero-order chi connectivity index (χ0) is 21.5. The first-order valence-corrected chi connectivity index (χ1v) is 10.7.